The number of hydrogen-bond acceptors (Lipinski definition) is 10. The van der Waals surface area contributed by atoms with Gasteiger partial charge in [0.15, 0.2) is 5.78 Å². The number of rotatable bonds is 4. The Labute approximate surface area is 176 Å². The fraction of sp³-hybridized carbons (Fsp3) is 0.381. The van der Waals surface area contributed by atoms with Crippen LogP contribution in [0.3, 0.4) is 0 Å². The Balaban J connectivity index is 1.48. The maximum Gasteiger partial charge on any atom is 0.229 e. The van der Waals surface area contributed by atoms with Gasteiger partial charge >= 0.3 is 0 Å². The van der Waals surface area contributed by atoms with Crippen LogP contribution in [0.15, 0.2) is 36.4 Å². The molecule has 0 saturated carbocycles. The number of fused-ring (bicyclic) bond motifs is 1. The van der Waals surface area contributed by atoms with Crippen molar-refractivity contribution in [3.63, 3.8) is 0 Å². The summed E-state index contributed by atoms with van der Waals surface area (Å²) in [5.41, 5.74) is 0.652. The van der Waals surface area contributed by atoms with Crippen LogP contribution in [-0.4, -0.2) is 73.7 Å². The maximum atomic E-state index is 12.4. The van der Waals surface area contributed by atoms with Crippen LogP contribution in [0.2, 0.25) is 0 Å². The van der Waals surface area contributed by atoms with E-state index in [1.165, 1.54) is 6.07 Å². The summed E-state index contributed by atoms with van der Waals surface area (Å²) in [5.74, 6) is -0.550. The van der Waals surface area contributed by atoms with E-state index in [0.717, 1.165) is 6.07 Å². The van der Waals surface area contributed by atoms with Crippen LogP contribution in [0.4, 0.5) is 0 Å². The summed E-state index contributed by atoms with van der Waals surface area (Å²) < 4.78 is 16.6. The third-order valence-electron chi connectivity index (χ3n) is 5.34. The molecule has 10 nitrogen and oxygen atoms in total. The highest BCUT2D eigenvalue weighted by Gasteiger charge is 2.44. The third-order valence-corrected chi connectivity index (χ3v) is 5.34. The number of aliphatic hydroxyl groups excluding tert-OH is 4. The van der Waals surface area contributed by atoms with Crippen molar-refractivity contribution in [1.29, 1.82) is 0 Å². The van der Waals surface area contributed by atoms with E-state index in [4.69, 9.17) is 14.2 Å². The van der Waals surface area contributed by atoms with E-state index >= 15 is 0 Å². The summed E-state index contributed by atoms with van der Waals surface area (Å²) in [6.45, 7) is -0.566. The van der Waals surface area contributed by atoms with Crippen molar-refractivity contribution < 1.29 is 49.6 Å². The Kier molecular flexibility index (Phi) is 5.73. The van der Waals surface area contributed by atoms with E-state index in [1.807, 2.05) is 0 Å². The molecule has 0 radical (unpaired) electrons. The Morgan fingerprint density at radius 2 is 1.71 bits per heavy atom. The summed E-state index contributed by atoms with van der Waals surface area (Å²) in [5, 5.41) is 58.5. The standard InChI is InChI=1S/C21H22O10/c22-8-16-18(26)19(27)20(28)21(31-16)29-11-3-1-9(2-4-11)14-7-13(25)17-12(24)5-10(23)6-15(17)30-14/h1-6,14,16,18-24,26-28H,7-8H2/t14-,16+,18+,19+,20+,21+/m0/s1. The molecule has 2 heterocycles. The van der Waals surface area contributed by atoms with Crippen molar-refractivity contribution >= 4 is 5.78 Å². The zero-order valence-electron chi connectivity index (χ0n) is 16.2. The van der Waals surface area contributed by atoms with Gasteiger partial charge in [-0.1, -0.05) is 12.1 Å². The van der Waals surface area contributed by atoms with Gasteiger partial charge in [0.1, 0.15) is 59.1 Å². The fourth-order valence-corrected chi connectivity index (χ4v) is 3.67. The molecule has 2 aliphatic heterocycles. The zero-order valence-corrected chi connectivity index (χ0v) is 16.2. The summed E-state index contributed by atoms with van der Waals surface area (Å²) in [6, 6.07) is 8.68. The number of hydrogen-bond donors (Lipinski definition) is 6. The highest BCUT2D eigenvalue weighted by atomic mass is 16.7. The normalized spacial score (nSPS) is 30.4. The molecule has 10 heteroatoms. The number of benzene rings is 2. The van der Waals surface area contributed by atoms with Gasteiger partial charge in [-0.2, -0.15) is 0 Å². The predicted octanol–water partition coefficient (Wildman–Crippen LogP) is -0.0170. The number of carbonyl (C=O) groups is 1. The molecule has 0 aromatic heterocycles. The number of phenolic OH excluding ortho intramolecular Hbond substituents is 2. The molecule has 166 valence electrons. The Bertz CT molecular complexity index is 957. The van der Waals surface area contributed by atoms with E-state index in [1.54, 1.807) is 24.3 Å². The van der Waals surface area contributed by atoms with Crippen LogP contribution >= 0.6 is 0 Å². The van der Waals surface area contributed by atoms with Crippen molar-refractivity contribution in [2.45, 2.75) is 43.2 Å². The molecule has 0 bridgehead atoms. The summed E-state index contributed by atoms with van der Waals surface area (Å²) in [4.78, 5) is 12.4. The van der Waals surface area contributed by atoms with E-state index in [2.05, 4.69) is 0 Å². The largest absolute Gasteiger partial charge is 0.508 e. The number of aromatic hydroxyl groups is 2. The van der Waals surface area contributed by atoms with E-state index in [-0.39, 0.29) is 40.8 Å². The van der Waals surface area contributed by atoms with Crippen molar-refractivity contribution in [3.05, 3.63) is 47.5 Å². The molecule has 31 heavy (non-hydrogen) atoms. The Hall–Kier alpha value is -2.89. The third kappa shape index (κ3) is 4.03. The predicted molar refractivity (Wildman–Crippen MR) is 103 cm³/mol. The van der Waals surface area contributed by atoms with Gasteiger partial charge in [0, 0.05) is 12.1 Å². The molecule has 2 aromatic carbocycles. The molecule has 0 aliphatic carbocycles. The molecule has 6 atom stereocenters. The highest BCUT2D eigenvalue weighted by molar-refractivity contribution is 6.02. The minimum Gasteiger partial charge on any atom is -0.508 e. The van der Waals surface area contributed by atoms with Crippen LogP contribution in [-0.2, 0) is 4.74 Å². The van der Waals surface area contributed by atoms with E-state index < -0.39 is 43.4 Å². The molecule has 2 aliphatic rings. The second kappa shape index (κ2) is 8.33. The number of ether oxygens (including phenoxy) is 3. The second-order valence-electron chi connectivity index (χ2n) is 7.46. The molecule has 2 aromatic rings. The minimum absolute atomic E-state index is 0.0156. The minimum atomic E-state index is -1.55. The van der Waals surface area contributed by atoms with Crippen LogP contribution in [0.1, 0.15) is 28.4 Å². The summed E-state index contributed by atoms with van der Waals surface area (Å²) >= 11 is 0. The average molecular weight is 434 g/mol. The first kappa shape index (κ1) is 21.3. The molecule has 6 N–H and O–H groups in total. The monoisotopic (exact) mass is 434 g/mol. The smallest absolute Gasteiger partial charge is 0.229 e. The van der Waals surface area contributed by atoms with Gasteiger partial charge in [-0.25, -0.2) is 0 Å². The lowest BCUT2D eigenvalue weighted by Gasteiger charge is -2.39. The average Bonchev–Trinajstić information content (AvgIpc) is 2.73. The van der Waals surface area contributed by atoms with Crippen LogP contribution in [0.5, 0.6) is 23.0 Å². The lowest BCUT2D eigenvalue weighted by molar-refractivity contribution is -0.277. The number of Topliss-reactive ketones (excluding diaryl/α,β-unsaturated/α-hetero) is 1. The van der Waals surface area contributed by atoms with Crippen molar-refractivity contribution in [2.24, 2.45) is 0 Å². The summed E-state index contributed by atoms with van der Waals surface area (Å²) in [6.07, 6.45) is -7.63. The number of aliphatic hydroxyl groups is 4. The SMILES string of the molecule is O=C1C[C@@H](c2ccc(O[C@@H]3O[C@H](CO)[C@@H](O)[C@@H](O)[C@H]3O)cc2)Oc2cc(O)cc(O)c21. The van der Waals surface area contributed by atoms with Crippen LogP contribution in [0.25, 0.3) is 0 Å². The lowest BCUT2D eigenvalue weighted by Crippen LogP contribution is -2.60. The van der Waals surface area contributed by atoms with Gasteiger partial charge in [0.05, 0.1) is 13.0 Å². The Morgan fingerprint density at radius 3 is 2.39 bits per heavy atom. The number of phenols is 2. The van der Waals surface area contributed by atoms with Gasteiger partial charge in [-0.15, -0.1) is 0 Å². The quantitative estimate of drug-likeness (QED) is 0.385. The topological polar surface area (TPSA) is 166 Å². The molecular weight excluding hydrogens is 412 g/mol. The molecule has 1 fully saturated rings. The molecule has 1 saturated heterocycles. The lowest BCUT2D eigenvalue weighted by atomic mass is 9.95. The van der Waals surface area contributed by atoms with Gasteiger partial charge < -0.3 is 44.8 Å². The molecule has 0 unspecified atom stereocenters. The van der Waals surface area contributed by atoms with Crippen molar-refractivity contribution in [3.8, 4) is 23.0 Å². The zero-order chi connectivity index (χ0) is 22.3. The second-order valence-corrected chi connectivity index (χ2v) is 7.46. The fourth-order valence-electron chi connectivity index (χ4n) is 3.67. The number of carbonyl (C=O) groups excluding carboxylic acids is 1. The molecule has 0 spiro atoms. The van der Waals surface area contributed by atoms with E-state index in [0.29, 0.717) is 5.56 Å². The molecule has 4 rings (SSSR count). The number of ketones is 1. The van der Waals surface area contributed by atoms with Gasteiger partial charge in [-0.05, 0) is 17.7 Å². The van der Waals surface area contributed by atoms with Crippen molar-refractivity contribution in [2.75, 3.05) is 6.61 Å². The Morgan fingerprint density at radius 1 is 1.00 bits per heavy atom. The maximum absolute atomic E-state index is 12.4. The van der Waals surface area contributed by atoms with Gasteiger partial charge in [-0.3, -0.25) is 4.79 Å². The van der Waals surface area contributed by atoms with Gasteiger partial charge in [0.2, 0.25) is 6.29 Å². The van der Waals surface area contributed by atoms with E-state index in [9.17, 15) is 35.4 Å². The van der Waals surface area contributed by atoms with Crippen molar-refractivity contribution in [1.82, 2.24) is 0 Å². The first-order valence-corrected chi connectivity index (χ1v) is 9.61. The molecular formula is C21H22O10. The highest BCUT2D eigenvalue weighted by Crippen LogP contribution is 2.41. The first-order chi connectivity index (χ1) is 14.8. The van der Waals surface area contributed by atoms with Crippen LogP contribution < -0.4 is 9.47 Å². The molecule has 0 amide bonds. The first-order valence-electron chi connectivity index (χ1n) is 9.61. The van der Waals surface area contributed by atoms with Gasteiger partial charge in [0.25, 0.3) is 0 Å². The van der Waals surface area contributed by atoms with Crippen LogP contribution in [0, 0.1) is 0 Å². The summed E-state index contributed by atoms with van der Waals surface area (Å²) in [7, 11) is 0.